The molecule has 48 heavy (non-hydrogen) atoms. The number of nitrogens with zero attached hydrogens (tertiary/aromatic N) is 2. The molecule has 8 heteroatoms. The zero-order chi connectivity index (χ0) is 32.8. The van der Waals surface area contributed by atoms with Gasteiger partial charge in [-0.05, 0) is 83.9 Å². The van der Waals surface area contributed by atoms with Gasteiger partial charge in [-0.15, -0.1) is 0 Å². The number of ether oxygens (including phenoxy) is 2. The molecule has 2 heterocycles. The molecule has 2 aliphatic heterocycles. The van der Waals surface area contributed by atoms with Crippen LogP contribution in [0.5, 0.6) is 11.5 Å². The standard InChI is InChI=1S/C40H26N2O6/c43-37-31-19-21-33-36-34(40(46)42(39(33)45)28-13-17-30(18-14-28)48-24-26-9-5-2-6-10-26)22-20-32(35(31)36)38(44)41(37)27-11-15-29(16-12-27)47-23-25-7-3-1-4-8-25/h1-22H,23-24H2. The van der Waals surface area contributed by atoms with Crippen molar-refractivity contribution in [1.29, 1.82) is 0 Å². The van der Waals surface area contributed by atoms with Gasteiger partial charge in [-0.1, -0.05) is 60.7 Å². The number of hydrogen-bond acceptors (Lipinski definition) is 6. The lowest BCUT2D eigenvalue weighted by atomic mass is 9.85. The molecule has 2 aliphatic rings. The molecule has 0 unspecified atom stereocenters. The van der Waals surface area contributed by atoms with Crippen LogP contribution >= 0.6 is 0 Å². The highest BCUT2D eigenvalue weighted by Gasteiger charge is 2.40. The zero-order valence-electron chi connectivity index (χ0n) is 25.5. The first kappa shape index (κ1) is 28.9. The van der Waals surface area contributed by atoms with Gasteiger partial charge in [-0.2, -0.15) is 0 Å². The smallest absolute Gasteiger partial charge is 0.265 e. The van der Waals surface area contributed by atoms with E-state index in [1.807, 2.05) is 60.7 Å². The molecule has 8 rings (SSSR count). The minimum atomic E-state index is -0.539. The Balaban J connectivity index is 1.06. The molecular formula is C40H26N2O6. The Morgan fingerprint density at radius 3 is 1.00 bits per heavy atom. The van der Waals surface area contributed by atoms with E-state index in [1.54, 1.807) is 72.8 Å². The van der Waals surface area contributed by atoms with Gasteiger partial charge in [-0.25, -0.2) is 9.80 Å². The monoisotopic (exact) mass is 630 g/mol. The van der Waals surface area contributed by atoms with E-state index in [2.05, 4.69) is 0 Å². The van der Waals surface area contributed by atoms with E-state index in [4.69, 9.17) is 9.47 Å². The second-order valence-electron chi connectivity index (χ2n) is 11.5. The summed E-state index contributed by atoms with van der Waals surface area (Å²) in [4.78, 5) is 57.6. The number of hydrogen-bond donors (Lipinski definition) is 0. The van der Waals surface area contributed by atoms with Crippen molar-refractivity contribution in [1.82, 2.24) is 0 Å². The summed E-state index contributed by atoms with van der Waals surface area (Å²) in [5, 5.41) is 0.621. The molecule has 0 bridgehead atoms. The first-order valence-corrected chi connectivity index (χ1v) is 15.4. The summed E-state index contributed by atoms with van der Waals surface area (Å²) in [5.74, 6) is -0.973. The predicted octanol–water partition coefficient (Wildman–Crippen LogP) is 7.60. The lowest BCUT2D eigenvalue weighted by molar-refractivity contribution is 0.0873. The van der Waals surface area contributed by atoms with Gasteiger partial charge in [0.15, 0.2) is 0 Å². The van der Waals surface area contributed by atoms with Crippen LogP contribution in [0, 0.1) is 0 Å². The van der Waals surface area contributed by atoms with Gasteiger partial charge >= 0.3 is 0 Å². The van der Waals surface area contributed by atoms with Gasteiger partial charge in [0.1, 0.15) is 24.7 Å². The number of rotatable bonds is 8. The maximum Gasteiger partial charge on any atom is 0.265 e. The summed E-state index contributed by atoms with van der Waals surface area (Å²) in [6.45, 7) is 0.760. The summed E-state index contributed by atoms with van der Waals surface area (Å²) in [5.41, 5.74) is 3.75. The Bertz CT molecular complexity index is 2020. The van der Waals surface area contributed by atoms with Crippen LogP contribution in [0.2, 0.25) is 0 Å². The van der Waals surface area contributed by atoms with Crippen molar-refractivity contribution in [3.63, 3.8) is 0 Å². The zero-order valence-corrected chi connectivity index (χ0v) is 25.5. The Hall–Kier alpha value is -6.54. The average Bonchev–Trinajstić information content (AvgIpc) is 3.13. The lowest BCUT2D eigenvalue weighted by Gasteiger charge is -2.32. The molecule has 0 fully saturated rings. The van der Waals surface area contributed by atoms with E-state index in [0.29, 0.717) is 46.9 Å². The highest BCUT2D eigenvalue weighted by atomic mass is 16.5. The topological polar surface area (TPSA) is 93.2 Å². The minimum absolute atomic E-state index is 0.239. The Labute approximate surface area is 275 Å². The first-order valence-electron chi connectivity index (χ1n) is 15.4. The van der Waals surface area contributed by atoms with Crippen molar-refractivity contribution in [2.45, 2.75) is 13.2 Å². The summed E-state index contributed by atoms with van der Waals surface area (Å²) in [6.07, 6.45) is 0. The van der Waals surface area contributed by atoms with Gasteiger partial charge in [0.2, 0.25) is 0 Å². The third-order valence-electron chi connectivity index (χ3n) is 8.58. The fourth-order valence-corrected chi connectivity index (χ4v) is 6.21. The maximum absolute atomic E-state index is 13.8. The molecular weight excluding hydrogens is 604 g/mol. The van der Waals surface area contributed by atoms with Crippen LogP contribution in [0.4, 0.5) is 11.4 Å². The van der Waals surface area contributed by atoms with Crippen LogP contribution in [-0.2, 0) is 13.2 Å². The number of carbonyl (C=O) groups is 4. The molecule has 0 N–H and O–H groups in total. The largest absolute Gasteiger partial charge is 0.489 e. The molecule has 0 spiro atoms. The van der Waals surface area contributed by atoms with Crippen molar-refractivity contribution in [2.24, 2.45) is 0 Å². The Morgan fingerprint density at radius 1 is 0.375 bits per heavy atom. The second kappa shape index (κ2) is 11.7. The fraction of sp³-hybridized carbons (Fsp3) is 0.0500. The Morgan fingerprint density at radius 2 is 0.688 bits per heavy atom. The minimum Gasteiger partial charge on any atom is -0.489 e. The van der Waals surface area contributed by atoms with Crippen molar-refractivity contribution in [3.05, 3.63) is 167 Å². The molecule has 4 amide bonds. The summed E-state index contributed by atoms with van der Waals surface area (Å²) >= 11 is 0. The summed E-state index contributed by atoms with van der Waals surface area (Å²) < 4.78 is 11.7. The van der Waals surface area contributed by atoms with Gasteiger partial charge < -0.3 is 9.47 Å². The lowest BCUT2D eigenvalue weighted by Crippen LogP contribution is -2.43. The van der Waals surface area contributed by atoms with E-state index in [9.17, 15) is 19.2 Å². The van der Waals surface area contributed by atoms with E-state index >= 15 is 0 Å². The van der Waals surface area contributed by atoms with Crippen LogP contribution in [0.3, 0.4) is 0 Å². The van der Waals surface area contributed by atoms with Crippen LogP contribution in [0.15, 0.2) is 133 Å². The van der Waals surface area contributed by atoms with Gasteiger partial charge in [0.25, 0.3) is 23.6 Å². The van der Waals surface area contributed by atoms with Crippen molar-refractivity contribution >= 4 is 45.8 Å². The number of anilines is 2. The molecule has 0 saturated heterocycles. The molecule has 0 aliphatic carbocycles. The third kappa shape index (κ3) is 4.87. The van der Waals surface area contributed by atoms with E-state index in [1.165, 1.54) is 0 Å². The quantitative estimate of drug-likeness (QED) is 0.161. The van der Waals surface area contributed by atoms with Crippen molar-refractivity contribution in [3.8, 4) is 11.5 Å². The fourth-order valence-electron chi connectivity index (χ4n) is 6.21. The summed E-state index contributed by atoms with van der Waals surface area (Å²) in [7, 11) is 0. The number of benzene rings is 6. The van der Waals surface area contributed by atoms with E-state index in [0.717, 1.165) is 20.9 Å². The number of carbonyl (C=O) groups excluding carboxylic acids is 4. The van der Waals surface area contributed by atoms with Crippen LogP contribution in [-0.4, -0.2) is 23.6 Å². The number of amides is 4. The second-order valence-corrected chi connectivity index (χ2v) is 11.5. The van der Waals surface area contributed by atoms with E-state index in [-0.39, 0.29) is 22.3 Å². The Kier molecular flexibility index (Phi) is 7.03. The SMILES string of the molecule is O=C1c2ccc3c4c(ccc(c24)C(=O)N1c1ccc(OCc2ccccc2)cc1)C(=O)N(c1ccc(OCc2ccccc2)cc1)C3=O. The molecule has 8 nitrogen and oxygen atoms in total. The molecule has 0 saturated carbocycles. The van der Waals surface area contributed by atoms with Gasteiger partial charge in [0.05, 0.1) is 11.4 Å². The highest BCUT2D eigenvalue weighted by Crippen LogP contribution is 2.40. The molecule has 0 aromatic heterocycles. The number of imide groups is 2. The molecule has 0 radical (unpaired) electrons. The van der Waals surface area contributed by atoms with Crippen LogP contribution < -0.4 is 19.3 Å². The highest BCUT2D eigenvalue weighted by molar-refractivity contribution is 6.42. The molecule has 232 valence electrons. The summed E-state index contributed by atoms with van der Waals surface area (Å²) in [6, 6.07) is 39.2. The average molecular weight is 631 g/mol. The van der Waals surface area contributed by atoms with Crippen LogP contribution in [0.25, 0.3) is 10.8 Å². The van der Waals surface area contributed by atoms with Crippen molar-refractivity contribution in [2.75, 3.05) is 9.80 Å². The van der Waals surface area contributed by atoms with E-state index < -0.39 is 23.6 Å². The molecule has 6 aromatic rings. The van der Waals surface area contributed by atoms with Crippen LogP contribution in [0.1, 0.15) is 52.6 Å². The van der Waals surface area contributed by atoms with Gasteiger partial charge in [0, 0.05) is 33.0 Å². The van der Waals surface area contributed by atoms with Crippen molar-refractivity contribution < 1.29 is 28.7 Å². The van der Waals surface area contributed by atoms with Gasteiger partial charge in [-0.3, -0.25) is 19.2 Å². The predicted molar refractivity (Wildman–Crippen MR) is 181 cm³/mol. The third-order valence-corrected chi connectivity index (χ3v) is 8.58. The first-order chi connectivity index (χ1) is 23.5. The molecule has 0 atom stereocenters. The molecule has 6 aromatic carbocycles. The maximum atomic E-state index is 13.8. The normalized spacial score (nSPS) is 13.7.